The average Bonchev–Trinajstić information content (AvgIpc) is 2.60. The number of nitrogens with one attached hydrogen (secondary N) is 1. The van der Waals surface area contributed by atoms with Gasteiger partial charge in [0, 0.05) is 12.6 Å². The molecule has 0 aliphatic rings. The Morgan fingerprint density at radius 3 is 2.08 bits per heavy atom. The first-order valence-electron chi connectivity index (χ1n) is 9.83. The van der Waals surface area contributed by atoms with Crippen LogP contribution in [0, 0.1) is 0 Å². The van der Waals surface area contributed by atoms with Crippen molar-refractivity contribution in [3.05, 3.63) is 60.8 Å². The van der Waals surface area contributed by atoms with Crippen LogP contribution in [0.3, 0.4) is 0 Å². The predicted octanol–water partition coefficient (Wildman–Crippen LogP) is 5.41. The fraction of sp³-hybridized carbons (Fsp3) is 0.522. The normalized spacial score (nSPS) is 15.1. The van der Waals surface area contributed by atoms with E-state index in [0.717, 1.165) is 25.7 Å². The highest BCUT2D eigenvalue weighted by Gasteiger charge is 2.18. The molecule has 3 heteroatoms. The van der Waals surface area contributed by atoms with Crippen LogP contribution in [-0.4, -0.2) is 23.2 Å². The third-order valence-corrected chi connectivity index (χ3v) is 3.76. The van der Waals surface area contributed by atoms with E-state index < -0.39 is 5.60 Å². The molecule has 26 heavy (non-hydrogen) atoms. The Labute approximate surface area is 160 Å². The van der Waals surface area contributed by atoms with E-state index in [1.165, 1.54) is 18.9 Å². The van der Waals surface area contributed by atoms with E-state index in [4.69, 9.17) is 0 Å². The molecule has 0 spiro atoms. The topological polar surface area (TPSA) is 49.3 Å². The molecule has 0 saturated carbocycles. The summed E-state index contributed by atoms with van der Waals surface area (Å²) in [7, 11) is 0. The molecule has 1 unspecified atom stereocenters. The van der Waals surface area contributed by atoms with Gasteiger partial charge in [0.25, 0.3) is 0 Å². The van der Waals surface area contributed by atoms with Crippen LogP contribution < -0.4 is 5.32 Å². The molecule has 0 aliphatic heterocycles. The number of carbonyl (C=O) groups excluding carboxylic acids is 1. The van der Waals surface area contributed by atoms with Crippen LogP contribution in [0.15, 0.2) is 60.8 Å². The second kappa shape index (κ2) is 16.6. The average molecular weight is 360 g/mol. The number of aliphatic hydroxyl groups is 1. The van der Waals surface area contributed by atoms with Crippen molar-refractivity contribution in [2.24, 2.45) is 0 Å². The molecule has 146 valence electrons. The van der Waals surface area contributed by atoms with Crippen LogP contribution in [0.5, 0.6) is 0 Å². The number of allylic oxidation sites excluding steroid dienone is 9. The summed E-state index contributed by atoms with van der Waals surface area (Å²) < 4.78 is 0. The molecule has 0 saturated heterocycles. The van der Waals surface area contributed by atoms with Gasteiger partial charge in [0.05, 0.1) is 5.60 Å². The van der Waals surface area contributed by atoms with Gasteiger partial charge in [-0.1, -0.05) is 87.8 Å². The number of rotatable bonds is 14. The van der Waals surface area contributed by atoms with E-state index in [-0.39, 0.29) is 12.5 Å². The lowest BCUT2D eigenvalue weighted by Crippen LogP contribution is -2.39. The zero-order valence-corrected chi connectivity index (χ0v) is 16.8. The van der Waals surface area contributed by atoms with Gasteiger partial charge in [-0.25, -0.2) is 0 Å². The second-order valence-electron chi connectivity index (χ2n) is 6.71. The van der Waals surface area contributed by atoms with Gasteiger partial charge < -0.3 is 10.4 Å². The Morgan fingerprint density at radius 1 is 0.885 bits per heavy atom. The van der Waals surface area contributed by atoms with E-state index in [0.29, 0.717) is 6.42 Å². The molecule has 1 atom stereocenters. The standard InChI is InChI=1S/C23H37NO2/c1-4-6-7-8-9-10-11-12-13-14-15-16-17-18-19-22(25)24-21-23(3,26)20-5-2/h8-11,14-19,26H,4-7,12-13,20-21H2,1-3H3,(H,24,25). The van der Waals surface area contributed by atoms with E-state index in [1.807, 2.05) is 25.2 Å². The van der Waals surface area contributed by atoms with Crippen molar-refractivity contribution in [1.29, 1.82) is 0 Å². The van der Waals surface area contributed by atoms with Crippen molar-refractivity contribution >= 4 is 5.91 Å². The quantitative estimate of drug-likeness (QED) is 0.248. The largest absolute Gasteiger partial charge is 0.388 e. The molecule has 0 fully saturated rings. The molecule has 0 rings (SSSR count). The first-order valence-corrected chi connectivity index (χ1v) is 9.83. The van der Waals surface area contributed by atoms with Gasteiger partial charge in [0.2, 0.25) is 5.91 Å². The molecule has 1 amide bonds. The Bertz CT molecular complexity index is 496. The van der Waals surface area contributed by atoms with E-state index >= 15 is 0 Å². The van der Waals surface area contributed by atoms with Crippen molar-refractivity contribution < 1.29 is 9.90 Å². The van der Waals surface area contributed by atoms with E-state index in [9.17, 15) is 9.90 Å². The summed E-state index contributed by atoms with van der Waals surface area (Å²) in [5.74, 6) is -0.188. The summed E-state index contributed by atoms with van der Waals surface area (Å²) in [6.45, 7) is 6.23. The van der Waals surface area contributed by atoms with Gasteiger partial charge in [-0.2, -0.15) is 0 Å². The third-order valence-electron chi connectivity index (χ3n) is 3.76. The number of hydrogen-bond donors (Lipinski definition) is 2. The second-order valence-corrected chi connectivity index (χ2v) is 6.71. The van der Waals surface area contributed by atoms with Crippen molar-refractivity contribution in [1.82, 2.24) is 5.32 Å². The van der Waals surface area contributed by atoms with Crippen molar-refractivity contribution in [3.8, 4) is 0 Å². The highest BCUT2D eigenvalue weighted by molar-refractivity contribution is 5.87. The van der Waals surface area contributed by atoms with E-state index in [2.05, 4.69) is 42.6 Å². The number of hydrogen-bond acceptors (Lipinski definition) is 2. The van der Waals surface area contributed by atoms with Crippen LogP contribution >= 0.6 is 0 Å². The first kappa shape index (κ1) is 24.1. The summed E-state index contributed by atoms with van der Waals surface area (Å²) >= 11 is 0. The lowest BCUT2D eigenvalue weighted by atomic mass is 10.0. The Balaban J connectivity index is 3.82. The van der Waals surface area contributed by atoms with Gasteiger partial charge in [-0.3, -0.25) is 4.79 Å². The predicted molar refractivity (Wildman–Crippen MR) is 113 cm³/mol. The molecule has 0 radical (unpaired) electrons. The Morgan fingerprint density at radius 2 is 1.46 bits per heavy atom. The highest BCUT2D eigenvalue weighted by atomic mass is 16.3. The first-order chi connectivity index (χ1) is 12.5. The maximum atomic E-state index is 11.6. The van der Waals surface area contributed by atoms with Crippen molar-refractivity contribution in [3.63, 3.8) is 0 Å². The zero-order valence-electron chi connectivity index (χ0n) is 16.8. The van der Waals surface area contributed by atoms with Crippen molar-refractivity contribution in [2.45, 2.75) is 71.3 Å². The van der Waals surface area contributed by atoms with Gasteiger partial charge in [0.15, 0.2) is 0 Å². The van der Waals surface area contributed by atoms with Gasteiger partial charge in [-0.15, -0.1) is 0 Å². The lowest BCUT2D eigenvalue weighted by Gasteiger charge is -2.22. The smallest absolute Gasteiger partial charge is 0.244 e. The molecular weight excluding hydrogens is 322 g/mol. The van der Waals surface area contributed by atoms with Crippen LogP contribution in [0.2, 0.25) is 0 Å². The maximum Gasteiger partial charge on any atom is 0.244 e. The molecule has 0 aromatic rings. The van der Waals surface area contributed by atoms with Crippen LogP contribution in [0.25, 0.3) is 0 Å². The van der Waals surface area contributed by atoms with Crippen LogP contribution in [0.1, 0.15) is 65.7 Å². The summed E-state index contributed by atoms with van der Waals surface area (Å²) in [6, 6.07) is 0. The third kappa shape index (κ3) is 17.0. The molecule has 3 nitrogen and oxygen atoms in total. The minimum atomic E-state index is -0.837. The minimum Gasteiger partial charge on any atom is -0.388 e. The van der Waals surface area contributed by atoms with Gasteiger partial charge >= 0.3 is 0 Å². The van der Waals surface area contributed by atoms with Crippen molar-refractivity contribution in [2.75, 3.05) is 6.54 Å². The fourth-order valence-electron chi connectivity index (χ4n) is 2.27. The van der Waals surface area contributed by atoms with Gasteiger partial charge in [-0.05, 0) is 32.6 Å². The fourth-order valence-corrected chi connectivity index (χ4v) is 2.27. The molecule has 0 heterocycles. The molecular formula is C23H37NO2. The molecule has 0 aromatic carbocycles. The number of unbranched alkanes of at least 4 members (excludes halogenated alkanes) is 3. The Hall–Kier alpha value is -1.87. The summed E-state index contributed by atoms with van der Waals surface area (Å²) in [5.41, 5.74) is -0.837. The Kier molecular flexibility index (Phi) is 15.4. The van der Waals surface area contributed by atoms with Crippen LogP contribution in [-0.2, 0) is 4.79 Å². The summed E-state index contributed by atoms with van der Waals surface area (Å²) in [5, 5.41) is 12.7. The molecule has 0 aliphatic carbocycles. The number of carbonyl (C=O) groups is 1. The molecule has 0 aromatic heterocycles. The van der Waals surface area contributed by atoms with E-state index in [1.54, 1.807) is 13.0 Å². The maximum absolute atomic E-state index is 11.6. The lowest BCUT2D eigenvalue weighted by molar-refractivity contribution is -0.117. The number of amides is 1. The SMILES string of the molecule is CCCCC=CC=CCCC=CC=CC=CC(=O)NCC(C)(O)CCC. The summed E-state index contributed by atoms with van der Waals surface area (Å²) in [6.07, 6.45) is 26.9. The molecule has 0 bridgehead atoms. The summed E-state index contributed by atoms with van der Waals surface area (Å²) in [4.78, 5) is 11.6. The van der Waals surface area contributed by atoms with Crippen LogP contribution in [0.4, 0.5) is 0 Å². The monoisotopic (exact) mass is 359 g/mol. The highest BCUT2D eigenvalue weighted by Crippen LogP contribution is 2.09. The zero-order chi connectivity index (χ0) is 19.5. The van der Waals surface area contributed by atoms with Gasteiger partial charge in [0.1, 0.15) is 0 Å². The molecule has 2 N–H and O–H groups in total. The minimum absolute atomic E-state index is 0.188.